The van der Waals surface area contributed by atoms with Crippen molar-refractivity contribution in [1.82, 2.24) is 0 Å². The van der Waals surface area contributed by atoms with Gasteiger partial charge in [-0.25, -0.2) is 0 Å². The Balaban J connectivity index is 2.34. The molecule has 2 nitrogen and oxygen atoms in total. The van der Waals surface area contributed by atoms with Gasteiger partial charge in [0.25, 0.3) is 0 Å². The summed E-state index contributed by atoms with van der Waals surface area (Å²) >= 11 is 0. The lowest BCUT2D eigenvalue weighted by Gasteiger charge is -2.14. The summed E-state index contributed by atoms with van der Waals surface area (Å²) in [5, 5.41) is 0. The quantitative estimate of drug-likeness (QED) is 0.652. The molecule has 1 saturated heterocycles. The fraction of sp³-hybridized carbons (Fsp3) is 0.923. The molecule has 0 aromatic carbocycles. The molecule has 0 spiro atoms. The number of ether oxygens (including phenoxy) is 1. The van der Waals surface area contributed by atoms with Crippen LogP contribution in [0.3, 0.4) is 0 Å². The van der Waals surface area contributed by atoms with Crippen LogP contribution in [0.15, 0.2) is 0 Å². The van der Waals surface area contributed by atoms with Crippen LogP contribution in [-0.4, -0.2) is 12.6 Å². The van der Waals surface area contributed by atoms with Crippen LogP contribution in [0.25, 0.3) is 0 Å². The number of esters is 1. The Morgan fingerprint density at radius 2 is 2.00 bits per heavy atom. The summed E-state index contributed by atoms with van der Waals surface area (Å²) in [4.78, 5) is 11.3. The minimum atomic E-state index is 0.0120. The van der Waals surface area contributed by atoms with Gasteiger partial charge in [0.1, 0.15) is 0 Å². The molecule has 0 aromatic heterocycles. The minimum absolute atomic E-state index is 0.0120. The van der Waals surface area contributed by atoms with Crippen LogP contribution in [0.1, 0.15) is 64.7 Å². The minimum Gasteiger partial charge on any atom is -0.466 e. The van der Waals surface area contributed by atoms with E-state index in [2.05, 4.69) is 6.92 Å². The Hall–Kier alpha value is -0.530. The molecule has 1 unspecified atom stereocenters. The first-order valence-electron chi connectivity index (χ1n) is 6.48. The normalized spacial score (nSPS) is 25.4. The molecular formula is C13H24O2. The highest BCUT2D eigenvalue weighted by Gasteiger charge is 2.12. The maximum Gasteiger partial charge on any atom is 0.305 e. The highest BCUT2D eigenvalue weighted by atomic mass is 16.5. The molecule has 1 atom stereocenters. The van der Waals surface area contributed by atoms with Gasteiger partial charge in [-0.15, -0.1) is 0 Å². The molecule has 1 heterocycles. The summed E-state index contributed by atoms with van der Waals surface area (Å²) < 4.78 is 5.16. The van der Waals surface area contributed by atoms with E-state index in [1.807, 2.05) is 0 Å². The van der Waals surface area contributed by atoms with Gasteiger partial charge < -0.3 is 4.74 Å². The van der Waals surface area contributed by atoms with Gasteiger partial charge in [0.05, 0.1) is 6.61 Å². The van der Waals surface area contributed by atoms with Crippen LogP contribution < -0.4 is 0 Å². The first kappa shape index (κ1) is 12.5. The van der Waals surface area contributed by atoms with E-state index in [1.54, 1.807) is 0 Å². The molecule has 0 aliphatic carbocycles. The number of hydrogen-bond acceptors (Lipinski definition) is 2. The van der Waals surface area contributed by atoms with Crippen LogP contribution in [0.2, 0.25) is 0 Å². The number of carbonyl (C=O) groups excluding carboxylic acids is 1. The summed E-state index contributed by atoms with van der Waals surface area (Å²) in [5.74, 6) is 0.763. The van der Waals surface area contributed by atoms with E-state index in [1.165, 1.54) is 38.5 Å². The van der Waals surface area contributed by atoms with Gasteiger partial charge >= 0.3 is 5.97 Å². The maximum atomic E-state index is 11.3. The van der Waals surface area contributed by atoms with Gasteiger partial charge in [0.2, 0.25) is 0 Å². The van der Waals surface area contributed by atoms with Gasteiger partial charge in [-0.3, -0.25) is 4.79 Å². The lowest BCUT2D eigenvalue weighted by Crippen LogP contribution is -2.08. The van der Waals surface area contributed by atoms with Crippen LogP contribution >= 0.6 is 0 Å². The Kier molecular flexibility index (Phi) is 6.45. The number of cyclic esters (lactones) is 1. The monoisotopic (exact) mass is 212 g/mol. The van der Waals surface area contributed by atoms with E-state index >= 15 is 0 Å². The molecule has 2 heteroatoms. The second-order valence-electron chi connectivity index (χ2n) is 4.62. The lowest BCUT2D eigenvalue weighted by molar-refractivity contribution is -0.144. The van der Waals surface area contributed by atoms with Gasteiger partial charge in [-0.05, 0) is 18.8 Å². The van der Waals surface area contributed by atoms with E-state index in [0.717, 1.165) is 18.8 Å². The molecule has 0 N–H and O–H groups in total. The highest BCUT2D eigenvalue weighted by Crippen LogP contribution is 2.22. The van der Waals surface area contributed by atoms with Crippen molar-refractivity contribution in [1.29, 1.82) is 0 Å². The second kappa shape index (κ2) is 7.72. The van der Waals surface area contributed by atoms with Gasteiger partial charge in [0, 0.05) is 6.42 Å². The first-order chi connectivity index (χ1) is 7.33. The molecule has 0 bridgehead atoms. The molecule has 1 aliphatic rings. The molecule has 88 valence electrons. The third kappa shape index (κ3) is 5.81. The lowest BCUT2D eigenvalue weighted by atomic mass is 9.92. The van der Waals surface area contributed by atoms with Crippen molar-refractivity contribution < 1.29 is 9.53 Å². The number of rotatable bonds is 2. The van der Waals surface area contributed by atoms with Crippen LogP contribution in [0, 0.1) is 5.92 Å². The molecule has 1 aliphatic heterocycles. The zero-order chi connectivity index (χ0) is 10.9. The predicted molar refractivity (Wildman–Crippen MR) is 61.7 cm³/mol. The highest BCUT2D eigenvalue weighted by molar-refractivity contribution is 5.69. The average molecular weight is 212 g/mol. The maximum absolute atomic E-state index is 11.3. The molecule has 1 rings (SSSR count). The largest absolute Gasteiger partial charge is 0.466 e. The van der Waals surface area contributed by atoms with E-state index in [-0.39, 0.29) is 5.97 Å². The summed E-state index contributed by atoms with van der Waals surface area (Å²) in [5.41, 5.74) is 0. The van der Waals surface area contributed by atoms with Gasteiger partial charge in [-0.2, -0.15) is 0 Å². The van der Waals surface area contributed by atoms with E-state index in [9.17, 15) is 4.79 Å². The van der Waals surface area contributed by atoms with Crippen LogP contribution in [0.5, 0.6) is 0 Å². The Labute approximate surface area is 93.4 Å². The summed E-state index contributed by atoms with van der Waals surface area (Å²) in [6.07, 6.45) is 10.4. The zero-order valence-corrected chi connectivity index (χ0v) is 9.96. The molecule has 15 heavy (non-hydrogen) atoms. The Morgan fingerprint density at radius 3 is 2.80 bits per heavy atom. The Morgan fingerprint density at radius 1 is 1.20 bits per heavy atom. The van der Waals surface area contributed by atoms with E-state index < -0.39 is 0 Å². The van der Waals surface area contributed by atoms with Crippen molar-refractivity contribution in [3.8, 4) is 0 Å². The Bertz CT molecular complexity index is 177. The molecular weight excluding hydrogens is 188 g/mol. The van der Waals surface area contributed by atoms with Crippen molar-refractivity contribution in [2.24, 2.45) is 5.92 Å². The second-order valence-corrected chi connectivity index (χ2v) is 4.62. The van der Waals surface area contributed by atoms with Crippen molar-refractivity contribution in [2.45, 2.75) is 64.7 Å². The third-order valence-corrected chi connectivity index (χ3v) is 3.22. The average Bonchev–Trinajstić information content (AvgIpc) is 2.27. The smallest absolute Gasteiger partial charge is 0.305 e. The first-order valence-corrected chi connectivity index (χ1v) is 6.48. The number of hydrogen-bond donors (Lipinski definition) is 0. The SMILES string of the molecule is CCCC1CCCCCCOC(=O)CC1. The van der Waals surface area contributed by atoms with Crippen molar-refractivity contribution in [2.75, 3.05) is 6.61 Å². The van der Waals surface area contributed by atoms with E-state index in [4.69, 9.17) is 4.74 Å². The molecule has 0 saturated carbocycles. The van der Waals surface area contributed by atoms with Gasteiger partial charge in [0.15, 0.2) is 0 Å². The van der Waals surface area contributed by atoms with Gasteiger partial charge in [-0.1, -0.05) is 45.4 Å². The summed E-state index contributed by atoms with van der Waals surface area (Å²) in [6.45, 7) is 2.86. The molecule has 1 fully saturated rings. The molecule has 0 aromatic rings. The topological polar surface area (TPSA) is 26.3 Å². The fourth-order valence-corrected chi connectivity index (χ4v) is 2.31. The summed E-state index contributed by atoms with van der Waals surface area (Å²) in [7, 11) is 0. The molecule has 0 radical (unpaired) electrons. The van der Waals surface area contributed by atoms with Crippen LogP contribution in [-0.2, 0) is 9.53 Å². The molecule has 0 amide bonds. The summed E-state index contributed by atoms with van der Waals surface area (Å²) in [6, 6.07) is 0. The predicted octanol–water partition coefficient (Wildman–Crippen LogP) is 3.69. The third-order valence-electron chi connectivity index (χ3n) is 3.22. The van der Waals surface area contributed by atoms with Crippen molar-refractivity contribution in [3.05, 3.63) is 0 Å². The standard InChI is InChI=1S/C13H24O2/c1-2-7-12-8-5-3-4-6-11-15-13(14)10-9-12/h12H,2-11H2,1H3. The van der Waals surface area contributed by atoms with Crippen LogP contribution in [0.4, 0.5) is 0 Å². The van der Waals surface area contributed by atoms with Crippen molar-refractivity contribution >= 4 is 5.97 Å². The zero-order valence-electron chi connectivity index (χ0n) is 9.96. The number of carbonyl (C=O) groups is 1. The fourth-order valence-electron chi connectivity index (χ4n) is 2.31. The van der Waals surface area contributed by atoms with E-state index in [0.29, 0.717) is 13.0 Å². The van der Waals surface area contributed by atoms with Crippen molar-refractivity contribution in [3.63, 3.8) is 0 Å².